The van der Waals surface area contributed by atoms with Crippen LogP contribution in [0.5, 0.6) is 0 Å². The molecule has 0 aliphatic carbocycles. The maximum Gasteiger partial charge on any atom is 0.407 e. The van der Waals surface area contributed by atoms with E-state index in [1.807, 2.05) is 12.1 Å². The van der Waals surface area contributed by atoms with Gasteiger partial charge in [0.25, 0.3) is 0 Å². The zero-order valence-electron chi connectivity index (χ0n) is 23.3. The zero-order chi connectivity index (χ0) is 31.1. The van der Waals surface area contributed by atoms with Gasteiger partial charge in [0.2, 0.25) is 5.91 Å². The van der Waals surface area contributed by atoms with Crippen molar-refractivity contribution in [3.05, 3.63) is 89.5 Å². The van der Waals surface area contributed by atoms with Crippen molar-refractivity contribution >= 4 is 15.7 Å². The van der Waals surface area contributed by atoms with Crippen molar-refractivity contribution in [2.75, 3.05) is 6.26 Å². The Kier molecular flexibility index (Phi) is 10.5. The fraction of sp³-hybridized carbons (Fsp3) is 0.323. The Balaban J connectivity index is 1.81. The molecular formula is C31H31F3N4O3S. The van der Waals surface area contributed by atoms with Gasteiger partial charge in [0.1, 0.15) is 12.1 Å². The molecule has 0 heterocycles. The normalized spacial score (nSPS) is 13.9. The van der Waals surface area contributed by atoms with Crippen LogP contribution in [0.1, 0.15) is 43.0 Å². The molecule has 2 N–H and O–H groups in total. The topological polar surface area (TPSA) is 123 Å². The standard InChI is InChI=1S/C31H31F3N4O3S/c1-20(2)16-28(30(39)37-26(19-36)17-21-4-6-22(18-35)7-5-21)38-29(31(32,33)34)25-10-8-23(9-11-25)24-12-14-27(15-13-24)42(3,40)41/h4-15,20,26,28-29,38H,16-17H2,1-3H3,(H,37,39)/t26?,28-,29-/m0/s1. The Hall–Kier alpha value is -4.19. The first-order valence-corrected chi connectivity index (χ1v) is 15.0. The van der Waals surface area contributed by atoms with Crippen molar-refractivity contribution in [2.24, 2.45) is 5.92 Å². The van der Waals surface area contributed by atoms with Crippen LogP contribution in [0.15, 0.2) is 77.7 Å². The van der Waals surface area contributed by atoms with E-state index in [4.69, 9.17) is 5.26 Å². The lowest BCUT2D eigenvalue weighted by molar-refractivity contribution is -0.161. The average Bonchev–Trinajstić information content (AvgIpc) is 2.94. The lowest BCUT2D eigenvalue weighted by Crippen LogP contribution is -2.51. The number of carbonyl (C=O) groups is 1. The number of halogens is 3. The molecule has 1 amide bonds. The van der Waals surface area contributed by atoms with E-state index in [0.717, 1.165) is 6.26 Å². The first kappa shape index (κ1) is 32.3. The highest BCUT2D eigenvalue weighted by atomic mass is 32.2. The number of amides is 1. The summed E-state index contributed by atoms with van der Waals surface area (Å²) in [6.45, 7) is 3.57. The van der Waals surface area contributed by atoms with Crippen LogP contribution in [0.2, 0.25) is 0 Å². The van der Waals surface area contributed by atoms with Crippen molar-refractivity contribution in [3.63, 3.8) is 0 Å². The van der Waals surface area contributed by atoms with E-state index in [0.29, 0.717) is 22.3 Å². The van der Waals surface area contributed by atoms with E-state index in [1.54, 1.807) is 50.2 Å². The first-order chi connectivity index (χ1) is 19.7. The van der Waals surface area contributed by atoms with Crippen molar-refractivity contribution < 1.29 is 26.4 Å². The second-order valence-electron chi connectivity index (χ2n) is 10.4. The summed E-state index contributed by atoms with van der Waals surface area (Å²) >= 11 is 0. The SMILES string of the molecule is CC(C)C[C@H](N[C@@H](c1ccc(-c2ccc(S(C)(=O)=O)cc2)cc1)C(F)(F)F)C(=O)NC(C#N)Cc1ccc(C#N)cc1. The molecule has 0 saturated heterocycles. The molecule has 3 aromatic rings. The molecule has 3 aromatic carbocycles. The average molecular weight is 597 g/mol. The molecule has 0 saturated carbocycles. The van der Waals surface area contributed by atoms with E-state index in [2.05, 4.69) is 10.6 Å². The fourth-order valence-electron chi connectivity index (χ4n) is 4.42. The van der Waals surface area contributed by atoms with E-state index in [9.17, 15) is 31.6 Å². The van der Waals surface area contributed by atoms with Gasteiger partial charge in [0.05, 0.1) is 28.6 Å². The predicted octanol–water partition coefficient (Wildman–Crippen LogP) is 5.49. The highest BCUT2D eigenvalue weighted by Crippen LogP contribution is 2.35. The summed E-state index contributed by atoms with van der Waals surface area (Å²) in [7, 11) is -3.39. The minimum Gasteiger partial charge on any atom is -0.339 e. The number of alkyl halides is 3. The quantitative estimate of drug-likeness (QED) is 0.302. The highest BCUT2D eigenvalue weighted by Gasteiger charge is 2.43. The van der Waals surface area contributed by atoms with Gasteiger partial charge in [-0.15, -0.1) is 0 Å². The van der Waals surface area contributed by atoms with Gasteiger partial charge in [0.15, 0.2) is 9.84 Å². The Morgan fingerprint density at radius 3 is 1.90 bits per heavy atom. The van der Waals surface area contributed by atoms with Gasteiger partial charge in [-0.3, -0.25) is 10.1 Å². The molecule has 3 rings (SSSR count). The largest absolute Gasteiger partial charge is 0.407 e. The number of nitrogens with one attached hydrogen (secondary N) is 2. The van der Waals surface area contributed by atoms with Crippen LogP contribution in [0, 0.1) is 28.6 Å². The summed E-state index contributed by atoms with van der Waals surface area (Å²) in [5, 5.41) is 23.6. The Bertz CT molecular complexity index is 1560. The Morgan fingerprint density at radius 2 is 1.45 bits per heavy atom. The molecule has 0 aromatic heterocycles. The van der Waals surface area contributed by atoms with Gasteiger partial charge in [0, 0.05) is 12.7 Å². The number of benzene rings is 3. The number of nitrogens with zero attached hydrogens (tertiary/aromatic N) is 2. The molecule has 0 aliphatic rings. The Labute approximate surface area is 243 Å². The first-order valence-electron chi connectivity index (χ1n) is 13.1. The highest BCUT2D eigenvalue weighted by molar-refractivity contribution is 7.90. The number of nitriles is 2. The van der Waals surface area contributed by atoms with Gasteiger partial charge >= 0.3 is 6.18 Å². The summed E-state index contributed by atoms with van der Waals surface area (Å²) in [6, 6.07) is 17.7. The van der Waals surface area contributed by atoms with Crippen LogP contribution >= 0.6 is 0 Å². The molecule has 42 heavy (non-hydrogen) atoms. The maximum atomic E-state index is 14.3. The summed E-state index contributed by atoms with van der Waals surface area (Å²) in [5.41, 5.74) is 2.25. The maximum absolute atomic E-state index is 14.3. The third-order valence-corrected chi connectivity index (χ3v) is 7.70. The number of hydrogen-bond donors (Lipinski definition) is 2. The van der Waals surface area contributed by atoms with Gasteiger partial charge in [-0.2, -0.15) is 23.7 Å². The molecule has 11 heteroatoms. The van der Waals surface area contributed by atoms with Gasteiger partial charge in [-0.1, -0.05) is 62.4 Å². The van der Waals surface area contributed by atoms with Crippen molar-refractivity contribution in [3.8, 4) is 23.3 Å². The van der Waals surface area contributed by atoms with Gasteiger partial charge in [-0.25, -0.2) is 8.42 Å². The molecule has 3 atom stereocenters. The van der Waals surface area contributed by atoms with Crippen molar-refractivity contribution in [2.45, 2.75) is 55.9 Å². The zero-order valence-corrected chi connectivity index (χ0v) is 24.1. The molecule has 0 radical (unpaired) electrons. The van der Waals surface area contributed by atoms with Crippen LogP contribution in [0.3, 0.4) is 0 Å². The van der Waals surface area contributed by atoms with Gasteiger partial charge < -0.3 is 5.32 Å². The van der Waals surface area contributed by atoms with Crippen LogP contribution in [0.25, 0.3) is 11.1 Å². The monoisotopic (exact) mass is 596 g/mol. The second kappa shape index (κ2) is 13.6. The second-order valence-corrected chi connectivity index (χ2v) is 12.5. The molecule has 7 nitrogen and oxygen atoms in total. The third kappa shape index (κ3) is 8.90. The minimum atomic E-state index is -4.73. The van der Waals surface area contributed by atoms with Crippen LogP contribution in [0.4, 0.5) is 13.2 Å². The number of rotatable bonds is 11. The number of sulfone groups is 1. The fourth-order valence-corrected chi connectivity index (χ4v) is 5.05. The minimum absolute atomic E-state index is 0.0954. The number of hydrogen-bond acceptors (Lipinski definition) is 6. The van der Waals surface area contributed by atoms with Crippen LogP contribution in [-0.2, 0) is 21.1 Å². The third-order valence-electron chi connectivity index (χ3n) is 6.57. The summed E-state index contributed by atoms with van der Waals surface area (Å²) in [4.78, 5) is 13.3. The van der Waals surface area contributed by atoms with E-state index in [1.165, 1.54) is 36.4 Å². The summed E-state index contributed by atoms with van der Waals surface area (Å²) < 4.78 is 66.3. The summed E-state index contributed by atoms with van der Waals surface area (Å²) in [5.74, 6) is -0.848. The van der Waals surface area contributed by atoms with Crippen molar-refractivity contribution in [1.29, 1.82) is 10.5 Å². The molecule has 0 aliphatic heterocycles. The van der Waals surface area contributed by atoms with Crippen molar-refractivity contribution in [1.82, 2.24) is 10.6 Å². The lowest BCUT2D eigenvalue weighted by atomic mass is 9.97. The molecule has 0 bridgehead atoms. The predicted molar refractivity (Wildman–Crippen MR) is 153 cm³/mol. The smallest absolute Gasteiger partial charge is 0.339 e. The Morgan fingerprint density at radius 1 is 0.905 bits per heavy atom. The van der Waals surface area contributed by atoms with Crippen LogP contribution < -0.4 is 10.6 Å². The molecule has 0 fully saturated rings. The summed E-state index contributed by atoms with van der Waals surface area (Å²) in [6.07, 6.45) is -3.43. The van der Waals surface area contributed by atoms with Gasteiger partial charge in [-0.05, 0) is 58.9 Å². The van der Waals surface area contributed by atoms with Crippen LogP contribution in [-0.4, -0.2) is 38.8 Å². The van der Waals surface area contributed by atoms with E-state index >= 15 is 0 Å². The number of carbonyl (C=O) groups excluding carboxylic acids is 1. The molecule has 1 unspecified atom stereocenters. The van der Waals surface area contributed by atoms with E-state index in [-0.39, 0.29) is 29.2 Å². The molecule has 220 valence electrons. The lowest BCUT2D eigenvalue weighted by Gasteiger charge is -2.29. The molecular weight excluding hydrogens is 565 g/mol. The molecule has 0 spiro atoms. The van der Waals surface area contributed by atoms with E-state index < -0.39 is 40.0 Å².